The second-order valence-electron chi connectivity index (χ2n) is 8.19. The fourth-order valence-corrected chi connectivity index (χ4v) is 5.28. The Kier molecular flexibility index (Phi) is 6.16. The summed E-state index contributed by atoms with van der Waals surface area (Å²) in [5.74, 6) is -1.26. The number of carbonyl (C=O) groups excluding carboxylic acids is 2. The molecule has 32 heavy (non-hydrogen) atoms. The highest BCUT2D eigenvalue weighted by Gasteiger charge is 2.37. The Bertz CT molecular complexity index is 1110. The van der Waals surface area contributed by atoms with Gasteiger partial charge < -0.3 is 10.6 Å². The number of piperidine rings is 1. The Morgan fingerprint density at radius 3 is 2.22 bits per heavy atom. The molecule has 2 amide bonds. The number of amides is 2. The number of anilines is 1. The Morgan fingerprint density at radius 1 is 1.00 bits per heavy atom. The first-order valence-electron chi connectivity index (χ1n) is 10.4. The number of sulfonamides is 1. The molecule has 8 nitrogen and oxygen atoms in total. The number of likely N-dealkylation sites (tertiary alicyclic amines) is 2. The molecular formula is C22H25FN4O4S. The zero-order valence-electron chi connectivity index (χ0n) is 17.4. The van der Waals surface area contributed by atoms with Crippen LogP contribution in [-0.4, -0.2) is 62.3 Å². The first kappa shape index (κ1) is 22.2. The van der Waals surface area contributed by atoms with Crippen LogP contribution in [0.5, 0.6) is 0 Å². The van der Waals surface area contributed by atoms with Gasteiger partial charge in [-0.05, 0) is 62.3 Å². The van der Waals surface area contributed by atoms with Crippen LogP contribution in [0.2, 0.25) is 0 Å². The van der Waals surface area contributed by atoms with E-state index in [1.165, 1.54) is 30.3 Å². The summed E-state index contributed by atoms with van der Waals surface area (Å²) in [6, 6.07) is 11.5. The maximum atomic E-state index is 13.8. The molecule has 0 spiro atoms. The normalized spacial score (nSPS) is 18.2. The highest BCUT2D eigenvalue weighted by atomic mass is 32.2. The van der Waals surface area contributed by atoms with Crippen molar-refractivity contribution < 1.29 is 22.4 Å². The van der Waals surface area contributed by atoms with Gasteiger partial charge in [-0.1, -0.05) is 12.1 Å². The van der Waals surface area contributed by atoms with E-state index >= 15 is 0 Å². The van der Waals surface area contributed by atoms with Gasteiger partial charge in [-0.15, -0.1) is 0 Å². The number of hydrogen-bond donors (Lipinski definition) is 2. The summed E-state index contributed by atoms with van der Waals surface area (Å²) < 4.78 is 40.9. The molecule has 4 rings (SSSR count). The largest absolute Gasteiger partial charge is 0.369 e. The van der Waals surface area contributed by atoms with Crippen molar-refractivity contribution in [3.8, 4) is 0 Å². The molecule has 0 radical (unpaired) electrons. The SMILES string of the molecule is NC(=O)C1CCN(C2CN(C(=O)c3ccc(NS(=O)(=O)c4ccccc4F)cc3)C2)CC1. The zero-order valence-corrected chi connectivity index (χ0v) is 18.2. The first-order chi connectivity index (χ1) is 15.2. The molecule has 0 unspecified atom stereocenters. The van der Waals surface area contributed by atoms with Gasteiger partial charge in [-0.25, -0.2) is 12.8 Å². The van der Waals surface area contributed by atoms with Crippen LogP contribution in [0.25, 0.3) is 0 Å². The summed E-state index contributed by atoms with van der Waals surface area (Å²) >= 11 is 0. The maximum absolute atomic E-state index is 13.8. The number of nitrogens with one attached hydrogen (secondary N) is 1. The van der Waals surface area contributed by atoms with E-state index in [0.717, 1.165) is 32.0 Å². The number of benzene rings is 2. The number of rotatable bonds is 6. The van der Waals surface area contributed by atoms with Crippen LogP contribution in [0.3, 0.4) is 0 Å². The standard InChI is InChI=1S/C22H25FN4O4S/c23-19-3-1-2-4-20(19)32(30,31)25-17-7-5-16(6-8-17)22(29)27-13-18(14-27)26-11-9-15(10-12-26)21(24)28/h1-8,15,18,25H,9-14H2,(H2,24,28). The van der Waals surface area contributed by atoms with Gasteiger partial charge in [-0.3, -0.25) is 19.2 Å². The highest BCUT2D eigenvalue weighted by molar-refractivity contribution is 7.92. The van der Waals surface area contributed by atoms with E-state index in [0.29, 0.717) is 18.7 Å². The number of nitrogens with zero attached hydrogens (tertiary/aromatic N) is 2. The molecule has 0 aliphatic carbocycles. The smallest absolute Gasteiger partial charge is 0.264 e. The molecule has 2 aromatic carbocycles. The van der Waals surface area contributed by atoms with Gasteiger partial charge in [0.25, 0.3) is 15.9 Å². The van der Waals surface area contributed by atoms with Crippen molar-refractivity contribution in [2.75, 3.05) is 30.9 Å². The van der Waals surface area contributed by atoms with Crippen molar-refractivity contribution in [3.63, 3.8) is 0 Å². The third-order valence-electron chi connectivity index (χ3n) is 6.11. The van der Waals surface area contributed by atoms with Crippen LogP contribution >= 0.6 is 0 Å². The fraction of sp³-hybridized carbons (Fsp3) is 0.364. The molecule has 2 heterocycles. The van der Waals surface area contributed by atoms with Gasteiger partial charge in [0.05, 0.1) is 0 Å². The second-order valence-corrected chi connectivity index (χ2v) is 9.84. The molecule has 170 valence electrons. The molecular weight excluding hydrogens is 435 g/mol. The number of halogens is 1. The highest BCUT2D eigenvalue weighted by Crippen LogP contribution is 2.25. The van der Waals surface area contributed by atoms with Gasteiger partial charge >= 0.3 is 0 Å². The van der Waals surface area contributed by atoms with Gasteiger partial charge in [0.2, 0.25) is 5.91 Å². The average Bonchev–Trinajstić information content (AvgIpc) is 2.73. The van der Waals surface area contributed by atoms with Gasteiger partial charge in [-0.2, -0.15) is 0 Å². The molecule has 2 saturated heterocycles. The fourth-order valence-electron chi connectivity index (χ4n) is 4.14. The van der Waals surface area contributed by atoms with Crippen molar-refractivity contribution in [1.29, 1.82) is 0 Å². The van der Waals surface area contributed by atoms with Crippen LogP contribution < -0.4 is 10.5 Å². The van der Waals surface area contributed by atoms with Gasteiger partial charge in [0, 0.05) is 36.3 Å². The molecule has 2 fully saturated rings. The lowest BCUT2D eigenvalue weighted by Crippen LogP contribution is -2.62. The second kappa shape index (κ2) is 8.87. The minimum Gasteiger partial charge on any atom is -0.369 e. The molecule has 0 saturated carbocycles. The predicted octanol–water partition coefficient (Wildman–Crippen LogP) is 1.65. The van der Waals surface area contributed by atoms with E-state index in [9.17, 15) is 22.4 Å². The van der Waals surface area contributed by atoms with E-state index in [1.54, 1.807) is 17.0 Å². The van der Waals surface area contributed by atoms with Crippen LogP contribution in [0.4, 0.5) is 10.1 Å². The Labute approximate surface area is 186 Å². The van der Waals surface area contributed by atoms with Crippen LogP contribution in [-0.2, 0) is 14.8 Å². The summed E-state index contributed by atoms with van der Waals surface area (Å²) in [6.07, 6.45) is 1.51. The number of carbonyl (C=O) groups is 2. The van der Waals surface area contributed by atoms with Gasteiger partial charge in [0.1, 0.15) is 10.7 Å². The number of hydrogen-bond acceptors (Lipinski definition) is 5. The van der Waals surface area contributed by atoms with Crippen molar-refractivity contribution >= 4 is 27.5 Å². The minimum absolute atomic E-state index is 0.0571. The zero-order chi connectivity index (χ0) is 22.9. The van der Waals surface area contributed by atoms with Crippen molar-refractivity contribution in [2.24, 2.45) is 11.7 Å². The minimum atomic E-state index is -4.07. The van der Waals surface area contributed by atoms with E-state index in [1.807, 2.05) is 0 Å². The molecule has 2 aromatic rings. The number of primary amides is 1. The van der Waals surface area contributed by atoms with Crippen molar-refractivity contribution in [3.05, 3.63) is 59.9 Å². The first-order valence-corrected chi connectivity index (χ1v) is 11.9. The molecule has 2 aliphatic heterocycles. The summed E-state index contributed by atoms with van der Waals surface area (Å²) in [6.45, 7) is 2.83. The van der Waals surface area contributed by atoms with E-state index in [4.69, 9.17) is 5.73 Å². The van der Waals surface area contributed by atoms with E-state index in [2.05, 4.69) is 9.62 Å². The summed E-state index contributed by atoms with van der Waals surface area (Å²) in [4.78, 5) is 27.6. The molecule has 0 aromatic heterocycles. The lowest BCUT2D eigenvalue weighted by atomic mass is 9.93. The molecule has 0 bridgehead atoms. The third kappa shape index (κ3) is 4.61. The maximum Gasteiger partial charge on any atom is 0.264 e. The lowest BCUT2D eigenvalue weighted by Gasteiger charge is -2.47. The molecule has 0 atom stereocenters. The Hall–Kier alpha value is -2.98. The Morgan fingerprint density at radius 2 is 1.62 bits per heavy atom. The lowest BCUT2D eigenvalue weighted by molar-refractivity contribution is -0.123. The van der Waals surface area contributed by atoms with Crippen LogP contribution in [0, 0.1) is 11.7 Å². The van der Waals surface area contributed by atoms with Crippen LogP contribution in [0.1, 0.15) is 23.2 Å². The molecule has 10 heteroatoms. The van der Waals surface area contributed by atoms with E-state index in [-0.39, 0.29) is 29.5 Å². The monoisotopic (exact) mass is 460 g/mol. The van der Waals surface area contributed by atoms with Gasteiger partial charge in [0.15, 0.2) is 0 Å². The quantitative estimate of drug-likeness (QED) is 0.681. The molecule has 2 aliphatic rings. The topological polar surface area (TPSA) is 113 Å². The average molecular weight is 461 g/mol. The predicted molar refractivity (Wildman–Crippen MR) is 117 cm³/mol. The Balaban J connectivity index is 1.32. The summed E-state index contributed by atoms with van der Waals surface area (Å²) in [5, 5.41) is 0. The molecule has 3 N–H and O–H groups in total. The number of nitrogens with two attached hydrogens (primary N) is 1. The summed E-state index contributed by atoms with van der Waals surface area (Å²) in [7, 11) is -4.07. The van der Waals surface area contributed by atoms with Crippen molar-refractivity contribution in [1.82, 2.24) is 9.80 Å². The van der Waals surface area contributed by atoms with Crippen molar-refractivity contribution in [2.45, 2.75) is 23.8 Å². The van der Waals surface area contributed by atoms with Crippen LogP contribution in [0.15, 0.2) is 53.4 Å². The van der Waals surface area contributed by atoms with E-state index < -0.39 is 20.7 Å². The third-order valence-corrected chi connectivity index (χ3v) is 7.52. The summed E-state index contributed by atoms with van der Waals surface area (Å²) in [5.41, 5.74) is 6.07.